The van der Waals surface area contributed by atoms with Crippen LogP contribution in [0.4, 0.5) is 10.1 Å². The van der Waals surface area contributed by atoms with Crippen LogP contribution in [0.15, 0.2) is 18.2 Å². The highest BCUT2D eigenvalue weighted by Crippen LogP contribution is 2.16. The van der Waals surface area contributed by atoms with Crippen LogP contribution in [-0.4, -0.2) is 17.4 Å². The van der Waals surface area contributed by atoms with E-state index in [1.807, 2.05) is 0 Å². The van der Waals surface area contributed by atoms with E-state index in [-0.39, 0.29) is 11.3 Å². The van der Waals surface area contributed by atoms with Crippen molar-refractivity contribution in [2.45, 2.75) is 6.92 Å². The summed E-state index contributed by atoms with van der Waals surface area (Å²) in [6.45, 7) is 2.07. The van der Waals surface area contributed by atoms with Gasteiger partial charge in [-0.2, -0.15) is 0 Å². The molecule has 0 saturated carbocycles. The Bertz CT molecular complexity index is 406. The number of hydrogen-bond acceptors (Lipinski definition) is 3. The summed E-state index contributed by atoms with van der Waals surface area (Å²) in [6.07, 6.45) is 0. The summed E-state index contributed by atoms with van der Waals surface area (Å²) in [5, 5.41) is 12.7. The molecule has 6 heteroatoms. The average Bonchev–Trinajstić information content (AvgIpc) is 2.17. The molecular weight excluding hydrogens is 203 g/mol. The van der Waals surface area contributed by atoms with E-state index in [2.05, 4.69) is 5.32 Å². The van der Waals surface area contributed by atoms with Crippen molar-refractivity contribution in [3.05, 3.63) is 39.7 Å². The highest BCUT2D eigenvalue weighted by Gasteiger charge is 2.15. The Morgan fingerprint density at radius 2 is 2.27 bits per heavy atom. The maximum atomic E-state index is 13.2. The number of carbonyl (C=O) groups is 1. The van der Waals surface area contributed by atoms with Gasteiger partial charge in [-0.15, -0.1) is 0 Å². The Balaban J connectivity index is 3.03. The monoisotopic (exact) mass is 212 g/mol. The van der Waals surface area contributed by atoms with Crippen molar-refractivity contribution in [2.75, 3.05) is 6.54 Å². The standard InChI is InChI=1S/C9H9FN2O3/c1-2-11-9(13)7-4-3-6(12(14)15)5-8(7)10/h3-5H,2H2,1H3,(H,11,13). The zero-order valence-electron chi connectivity index (χ0n) is 7.99. The molecule has 0 fully saturated rings. The Labute approximate surface area is 85.1 Å². The van der Waals surface area contributed by atoms with Crippen molar-refractivity contribution in [1.82, 2.24) is 5.32 Å². The van der Waals surface area contributed by atoms with Crippen LogP contribution in [0.5, 0.6) is 0 Å². The van der Waals surface area contributed by atoms with Gasteiger partial charge in [0.15, 0.2) is 0 Å². The predicted octanol–water partition coefficient (Wildman–Crippen LogP) is 1.48. The number of halogens is 1. The number of nitrogens with one attached hydrogen (secondary N) is 1. The number of nitro groups is 1. The highest BCUT2D eigenvalue weighted by atomic mass is 19.1. The number of carbonyl (C=O) groups excluding carboxylic acids is 1. The van der Waals surface area contributed by atoms with Crippen molar-refractivity contribution in [1.29, 1.82) is 0 Å². The lowest BCUT2D eigenvalue weighted by Crippen LogP contribution is -2.23. The molecule has 0 spiro atoms. The van der Waals surface area contributed by atoms with Crippen molar-refractivity contribution in [2.24, 2.45) is 0 Å². The summed E-state index contributed by atoms with van der Waals surface area (Å²) in [5.74, 6) is -1.47. The van der Waals surface area contributed by atoms with Gasteiger partial charge in [-0.3, -0.25) is 14.9 Å². The molecule has 5 nitrogen and oxygen atoms in total. The Morgan fingerprint density at radius 1 is 1.60 bits per heavy atom. The van der Waals surface area contributed by atoms with Crippen LogP contribution in [0.3, 0.4) is 0 Å². The molecule has 0 aliphatic carbocycles. The topological polar surface area (TPSA) is 72.2 Å². The first kappa shape index (κ1) is 11.1. The lowest BCUT2D eigenvalue weighted by Gasteiger charge is -2.02. The second-order valence-corrected chi connectivity index (χ2v) is 2.78. The van der Waals surface area contributed by atoms with Gasteiger partial charge in [0.25, 0.3) is 11.6 Å². The summed E-state index contributed by atoms with van der Waals surface area (Å²) in [4.78, 5) is 20.8. The van der Waals surface area contributed by atoms with Crippen molar-refractivity contribution in [3.63, 3.8) is 0 Å². The third-order valence-electron chi connectivity index (χ3n) is 1.75. The molecule has 0 saturated heterocycles. The summed E-state index contributed by atoms with van der Waals surface area (Å²) in [7, 11) is 0. The minimum Gasteiger partial charge on any atom is -0.352 e. The molecule has 1 amide bonds. The largest absolute Gasteiger partial charge is 0.352 e. The van der Waals surface area contributed by atoms with Gasteiger partial charge in [0, 0.05) is 12.6 Å². The first-order valence-electron chi connectivity index (χ1n) is 4.28. The van der Waals surface area contributed by atoms with Crippen LogP contribution in [0.25, 0.3) is 0 Å². The van der Waals surface area contributed by atoms with Gasteiger partial charge in [0.2, 0.25) is 0 Å². The van der Waals surface area contributed by atoms with Gasteiger partial charge in [-0.05, 0) is 13.0 Å². The summed E-state index contributed by atoms with van der Waals surface area (Å²) < 4.78 is 13.2. The molecule has 1 rings (SSSR count). The van der Waals surface area contributed by atoms with Gasteiger partial charge >= 0.3 is 0 Å². The van der Waals surface area contributed by atoms with Crippen LogP contribution in [-0.2, 0) is 0 Å². The van der Waals surface area contributed by atoms with Gasteiger partial charge in [-0.1, -0.05) is 0 Å². The minimum absolute atomic E-state index is 0.192. The molecule has 0 aliphatic rings. The third kappa shape index (κ3) is 2.49. The zero-order valence-corrected chi connectivity index (χ0v) is 7.99. The second kappa shape index (κ2) is 4.50. The van der Waals surface area contributed by atoms with E-state index in [4.69, 9.17) is 0 Å². The molecule has 0 bridgehead atoms. The van der Waals surface area contributed by atoms with Crippen LogP contribution in [0.1, 0.15) is 17.3 Å². The van der Waals surface area contributed by atoms with Crippen molar-refractivity contribution in [3.8, 4) is 0 Å². The molecule has 0 radical (unpaired) electrons. The fraction of sp³-hybridized carbons (Fsp3) is 0.222. The zero-order chi connectivity index (χ0) is 11.4. The molecule has 1 N–H and O–H groups in total. The van der Waals surface area contributed by atoms with Crippen LogP contribution in [0, 0.1) is 15.9 Å². The lowest BCUT2D eigenvalue weighted by atomic mass is 10.2. The molecule has 0 aromatic heterocycles. The normalized spacial score (nSPS) is 9.73. The number of nitrogens with zero attached hydrogens (tertiary/aromatic N) is 1. The number of amides is 1. The molecule has 0 atom stereocenters. The number of rotatable bonds is 3. The predicted molar refractivity (Wildman–Crippen MR) is 51.1 cm³/mol. The number of benzene rings is 1. The Kier molecular flexibility index (Phi) is 3.33. The fourth-order valence-corrected chi connectivity index (χ4v) is 1.06. The molecule has 0 aliphatic heterocycles. The first-order chi connectivity index (χ1) is 7.06. The fourth-order valence-electron chi connectivity index (χ4n) is 1.06. The van der Waals surface area contributed by atoms with Crippen molar-refractivity contribution >= 4 is 11.6 Å². The quantitative estimate of drug-likeness (QED) is 0.609. The van der Waals surface area contributed by atoms with E-state index in [1.54, 1.807) is 6.92 Å². The summed E-state index contributed by atoms with van der Waals surface area (Å²) in [5.41, 5.74) is -0.567. The molecule has 15 heavy (non-hydrogen) atoms. The number of hydrogen-bond donors (Lipinski definition) is 1. The summed E-state index contributed by atoms with van der Waals surface area (Å²) >= 11 is 0. The van der Waals surface area contributed by atoms with Crippen LogP contribution in [0.2, 0.25) is 0 Å². The lowest BCUT2D eigenvalue weighted by molar-refractivity contribution is -0.385. The first-order valence-corrected chi connectivity index (χ1v) is 4.28. The maximum Gasteiger partial charge on any atom is 0.272 e. The Morgan fingerprint density at radius 3 is 2.73 bits per heavy atom. The SMILES string of the molecule is CCNC(=O)c1ccc([N+](=O)[O-])cc1F. The van der Waals surface area contributed by atoms with E-state index in [1.165, 1.54) is 0 Å². The van der Waals surface area contributed by atoms with E-state index >= 15 is 0 Å². The highest BCUT2D eigenvalue weighted by molar-refractivity contribution is 5.94. The second-order valence-electron chi connectivity index (χ2n) is 2.78. The molecule has 1 aromatic rings. The average molecular weight is 212 g/mol. The molecular formula is C9H9FN2O3. The van der Waals surface area contributed by atoms with E-state index in [9.17, 15) is 19.3 Å². The van der Waals surface area contributed by atoms with Gasteiger partial charge in [-0.25, -0.2) is 4.39 Å². The molecule has 0 unspecified atom stereocenters. The van der Waals surface area contributed by atoms with E-state index in [0.29, 0.717) is 6.54 Å². The van der Waals surface area contributed by atoms with E-state index < -0.39 is 16.6 Å². The van der Waals surface area contributed by atoms with Gasteiger partial charge < -0.3 is 5.32 Å². The number of nitro benzene ring substituents is 1. The Hall–Kier alpha value is -1.98. The third-order valence-corrected chi connectivity index (χ3v) is 1.75. The van der Waals surface area contributed by atoms with Gasteiger partial charge in [0.05, 0.1) is 16.6 Å². The van der Waals surface area contributed by atoms with E-state index in [0.717, 1.165) is 18.2 Å². The molecule has 80 valence electrons. The molecule has 1 aromatic carbocycles. The maximum absolute atomic E-state index is 13.2. The van der Waals surface area contributed by atoms with Crippen molar-refractivity contribution < 1.29 is 14.1 Å². The minimum atomic E-state index is -0.893. The summed E-state index contributed by atoms with van der Waals surface area (Å²) in [6, 6.07) is 2.91. The van der Waals surface area contributed by atoms with Crippen LogP contribution >= 0.6 is 0 Å². The number of non-ortho nitro benzene ring substituents is 1. The van der Waals surface area contributed by atoms with Crippen LogP contribution < -0.4 is 5.32 Å². The van der Waals surface area contributed by atoms with Gasteiger partial charge in [0.1, 0.15) is 5.82 Å². The molecule has 0 heterocycles. The smallest absolute Gasteiger partial charge is 0.272 e.